The van der Waals surface area contributed by atoms with Crippen LogP contribution in [0.5, 0.6) is 0 Å². The van der Waals surface area contributed by atoms with Gasteiger partial charge in [0.1, 0.15) is 23.3 Å². The number of rotatable bonds is 12. The molecule has 0 unspecified atom stereocenters. The van der Waals surface area contributed by atoms with E-state index in [4.69, 9.17) is 0 Å². The fourth-order valence-corrected chi connectivity index (χ4v) is 13.1. The van der Waals surface area contributed by atoms with Crippen LogP contribution >= 0.6 is 47.8 Å². The zero-order chi connectivity index (χ0) is 62.5. The number of nitrogens with one attached hydrogen (secondary N) is 6. The normalized spacial score (nSPS) is 16.4. The number of carbonyl (C=O) groups is 6. The number of aromatic amines is 2. The first kappa shape index (κ1) is 64.3. The van der Waals surface area contributed by atoms with Gasteiger partial charge >= 0.3 is 0 Å². The van der Waals surface area contributed by atoms with Crippen LogP contribution in [0.4, 0.5) is 40.3 Å². The van der Waals surface area contributed by atoms with Crippen LogP contribution in [0.3, 0.4) is 0 Å². The van der Waals surface area contributed by atoms with E-state index in [0.29, 0.717) is 100 Å². The molecule has 16 nitrogen and oxygen atoms in total. The van der Waals surface area contributed by atoms with E-state index in [0.717, 1.165) is 112 Å². The summed E-state index contributed by atoms with van der Waals surface area (Å²) in [6.45, 7) is 20.8. The van der Waals surface area contributed by atoms with Gasteiger partial charge in [0.2, 0.25) is 11.8 Å². The maximum atomic E-state index is 14.0. The van der Waals surface area contributed by atoms with Crippen molar-refractivity contribution < 1.29 is 46.3 Å². The predicted octanol–water partition coefficient (Wildman–Crippen LogP) is 12.3. The molecule has 458 valence electrons. The maximum Gasteiger partial charge on any atom is 0.256 e. The highest BCUT2D eigenvalue weighted by Crippen LogP contribution is 2.42. The Hall–Kier alpha value is -7.18. The summed E-state index contributed by atoms with van der Waals surface area (Å²) in [5.74, 6) is -2.11. The number of fused-ring (bicyclic) bond motifs is 6. The first-order valence-electron chi connectivity index (χ1n) is 29.0. The third-order valence-electron chi connectivity index (χ3n) is 16.3. The topological polar surface area (TPSA) is 195 Å². The predicted molar refractivity (Wildman–Crippen MR) is 341 cm³/mol. The van der Waals surface area contributed by atoms with Gasteiger partial charge in [-0.3, -0.25) is 28.8 Å². The molecule has 2 aromatic heterocycles. The Morgan fingerprint density at radius 2 is 0.931 bits per heavy atom. The van der Waals surface area contributed by atoms with Crippen molar-refractivity contribution in [1.82, 2.24) is 29.6 Å². The van der Waals surface area contributed by atoms with Crippen LogP contribution in [-0.2, 0) is 44.9 Å². The van der Waals surface area contributed by atoms with E-state index in [1.807, 2.05) is 23.6 Å². The summed E-state index contributed by atoms with van der Waals surface area (Å²) in [6, 6.07) is 12.4. The van der Waals surface area contributed by atoms with Crippen molar-refractivity contribution in [1.29, 1.82) is 0 Å². The third-order valence-corrected chi connectivity index (χ3v) is 18.2. The van der Waals surface area contributed by atoms with Crippen LogP contribution in [-0.4, -0.2) is 130 Å². The minimum Gasteiger partial charge on any atom is -0.358 e. The molecule has 0 fully saturated rings. The molecule has 4 aromatic carbocycles. The summed E-state index contributed by atoms with van der Waals surface area (Å²) < 4.78 is 54.9. The monoisotopic (exact) mass is 1380 g/mol. The quantitative estimate of drug-likeness (QED) is 0.0514. The first-order valence-corrected chi connectivity index (χ1v) is 31.3. The minimum atomic E-state index is -0.420. The van der Waals surface area contributed by atoms with Crippen LogP contribution in [0.2, 0.25) is 0 Å². The van der Waals surface area contributed by atoms with Crippen LogP contribution < -0.4 is 21.3 Å². The lowest BCUT2D eigenvalue weighted by Crippen LogP contribution is -2.38. The van der Waals surface area contributed by atoms with Crippen molar-refractivity contribution >= 4 is 129 Å². The number of halogens is 7. The zero-order valence-corrected chi connectivity index (χ0v) is 53.8. The molecule has 0 saturated heterocycles. The second-order valence-electron chi connectivity index (χ2n) is 21.7. The Bertz CT molecular complexity index is 3620. The molecule has 23 heteroatoms. The Morgan fingerprint density at radius 1 is 0.517 bits per heavy atom. The second-order valence-corrected chi connectivity index (χ2v) is 24.3. The number of likely N-dealkylation sites (N-methyl/N-ethyl adjacent to an activating group) is 2. The largest absolute Gasteiger partial charge is 0.358 e. The van der Waals surface area contributed by atoms with Gasteiger partial charge in [-0.05, 0) is 203 Å². The molecular weight excluding hydrogens is 1320 g/mol. The molecule has 6 aliphatic heterocycles. The van der Waals surface area contributed by atoms with Gasteiger partial charge in [-0.25, -0.2) is 17.6 Å². The molecule has 6 aromatic rings. The van der Waals surface area contributed by atoms with E-state index in [9.17, 15) is 46.3 Å². The Balaban J connectivity index is 0.000000152. The molecule has 0 saturated carbocycles. The number of nitrogens with zero attached hydrogens (tertiary/aromatic N) is 4. The summed E-state index contributed by atoms with van der Waals surface area (Å²) in [4.78, 5) is 88.9. The highest BCUT2D eigenvalue weighted by atomic mass is 79.9. The summed E-state index contributed by atoms with van der Waals surface area (Å²) >= 11 is 9.80. The highest BCUT2D eigenvalue weighted by Gasteiger charge is 2.33. The fourth-order valence-electron chi connectivity index (χ4n) is 11.5. The number of carbonyl (C=O) groups excluding carboxylic acids is 6. The molecule has 8 heterocycles. The van der Waals surface area contributed by atoms with E-state index < -0.39 is 11.6 Å². The van der Waals surface area contributed by atoms with Gasteiger partial charge in [0.25, 0.3) is 23.6 Å². The number of hydrogen-bond acceptors (Lipinski definition) is 8. The molecule has 6 amide bonds. The number of benzene rings is 4. The van der Waals surface area contributed by atoms with Gasteiger partial charge in [0.15, 0.2) is 0 Å². The number of H-pyrrole nitrogens is 2. The number of amides is 6. The smallest absolute Gasteiger partial charge is 0.256 e. The van der Waals surface area contributed by atoms with E-state index in [1.165, 1.54) is 48.5 Å². The molecule has 0 aliphatic carbocycles. The lowest BCUT2D eigenvalue weighted by Gasteiger charge is -2.25. The van der Waals surface area contributed by atoms with E-state index >= 15 is 0 Å². The van der Waals surface area contributed by atoms with Crippen molar-refractivity contribution in [3.05, 3.63) is 159 Å². The van der Waals surface area contributed by atoms with Crippen LogP contribution in [0.25, 0.3) is 23.3 Å². The van der Waals surface area contributed by atoms with E-state index in [1.54, 1.807) is 18.2 Å². The molecule has 0 bridgehead atoms. The Labute approximate surface area is 527 Å². The minimum absolute atomic E-state index is 0.0353. The van der Waals surface area contributed by atoms with Gasteiger partial charge in [-0.1, -0.05) is 27.7 Å². The first-order chi connectivity index (χ1) is 41.6. The lowest BCUT2D eigenvalue weighted by atomic mass is 10.0. The molecule has 0 atom stereocenters. The lowest BCUT2D eigenvalue weighted by molar-refractivity contribution is -0.115. The van der Waals surface area contributed by atoms with Crippen molar-refractivity contribution in [2.45, 2.75) is 80.1 Å². The highest BCUT2D eigenvalue weighted by molar-refractivity contribution is 9.11. The summed E-state index contributed by atoms with van der Waals surface area (Å²) in [5, 5.41) is 10.8. The number of hydrogen-bond donors (Lipinski definition) is 6. The van der Waals surface area contributed by atoms with Crippen LogP contribution in [0, 0.1) is 37.1 Å². The van der Waals surface area contributed by atoms with Gasteiger partial charge in [0, 0.05) is 92.3 Å². The average molecular weight is 1390 g/mol. The molecule has 6 aliphatic rings. The van der Waals surface area contributed by atoms with Crippen LogP contribution in [0.15, 0.2) is 68.0 Å². The Kier molecular flexibility index (Phi) is 20.6. The molecule has 6 N–H and O–H groups in total. The SMILES string of the molecule is CCN(CC)CCN1CCCc2[nH]c(/C=C3\C(=O)Nc4c(Br)cc(F)cc43)c(C)c2C1=O.CCN(CC)CCN1CCCc2[nH]c(/C=C3\C(=O)Nc4c(Br)cc(F)cc43)c(C)c2C1=O.O=C1Cc2cc(F)cc(Br)c2N1.O=C1Cc2cc(F)ccc2N1. The summed E-state index contributed by atoms with van der Waals surface area (Å²) in [6.07, 6.45) is 7.34. The molecular formula is C64H67Br3F4N10O6. The van der Waals surface area contributed by atoms with E-state index in [-0.39, 0.29) is 53.5 Å². The van der Waals surface area contributed by atoms with Gasteiger partial charge in [-0.2, -0.15) is 0 Å². The summed E-state index contributed by atoms with van der Waals surface area (Å²) in [7, 11) is 0. The molecule has 0 radical (unpaired) electrons. The summed E-state index contributed by atoms with van der Waals surface area (Å²) in [5.41, 5.74) is 12.1. The van der Waals surface area contributed by atoms with Crippen molar-refractivity contribution in [2.75, 3.05) is 86.7 Å². The Morgan fingerprint density at radius 3 is 1.39 bits per heavy atom. The second kappa shape index (κ2) is 27.9. The standard InChI is InChI=1S/2C24H28BrFN4O2.C8H5BrFNO.C8H6FNO/c2*1-4-29(5-2)9-10-30-8-6-7-19-21(24(30)32)14(3)20(27-19)13-17-16-11-15(26)12-18(25)22(16)28-23(17)31;9-6-3-5(10)1-4-2-7(12)11-8(4)6;9-6-1-2-7-5(3-6)4-8(11)10-7/h2*11-13,27H,4-10H2,1-3H3,(H,28,31);1,3H,2H2,(H,11,12);1-3H,4H2,(H,10,11)/b2*17-13-;;. The molecule has 12 rings (SSSR count). The zero-order valence-electron chi connectivity index (χ0n) is 49.0. The number of anilines is 4. The van der Waals surface area contributed by atoms with Gasteiger partial charge in [-0.15, -0.1) is 0 Å². The third kappa shape index (κ3) is 14.4. The number of aromatic nitrogens is 2. The van der Waals surface area contributed by atoms with Crippen molar-refractivity contribution in [2.24, 2.45) is 0 Å². The van der Waals surface area contributed by atoms with E-state index in [2.05, 4.69) is 117 Å². The van der Waals surface area contributed by atoms with Crippen molar-refractivity contribution in [3.63, 3.8) is 0 Å². The molecule has 87 heavy (non-hydrogen) atoms. The van der Waals surface area contributed by atoms with Gasteiger partial charge < -0.3 is 50.8 Å². The number of aryl methyl sites for hydroxylation is 2. The van der Waals surface area contributed by atoms with Crippen molar-refractivity contribution in [3.8, 4) is 0 Å². The molecule has 0 spiro atoms. The van der Waals surface area contributed by atoms with Crippen LogP contribution in [0.1, 0.15) is 117 Å². The average Bonchev–Trinajstić information content (AvgIpc) is 1.79. The fraction of sp³-hybridized carbons (Fsp3) is 0.344. The van der Waals surface area contributed by atoms with Gasteiger partial charge in [0.05, 0.1) is 52.2 Å². The maximum absolute atomic E-state index is 14.0.